The summed E-state index contributed by atoms with van der Waals surface area (Å²) in [4.78, 5) is 0. The van der Waals surface area contributed by atoms with E-state index in [2.05, 4.69) is 34.6 Å². The van der Waals surface area contributed by atoms with Gasteiger partial charge in [0, 0.05) is 17.9 Å². The molecule has 0 bridgehead atoms. The molecule has 2 saturated heterocycles. The van der Waals surface area contributed by atoms with Gasteiger partial charge in [-0.3, -0.25) is 0 Å². The molecule has 2 fully saturated rings. The fourth-order valence-corrected chi connectivity index (χ4v) is 3.59. The van der Waals surface area contributed by atoms with Crippen molar-refractivity contribution in [3.05, 3.63) is 0 Å². The van der Waals surface area contributed by atoms with Crippen molar-refractivity contribution < 1.29 is 14.7 Å². The molecule has 1 N–H and O–H groups in total. The van der Waals surface area contributed by atoms with Crippen LogP contribution in [0.25, 0.3) is 0 Å². The molecule has 0 amide bonds. The zero-order chi connectivity index (χ0) is 13.6. The molecule has 2 heterocycles. The molecule has 0 aromatic carbocycles. The topological polar surface area (TPSA) is 41.9 Å². The first kappa shape index (κ1) is 14.3. The van der Waals surface area contributed by atoms with Crippen LogP contribution in [0.15, 0.2) is 0 Å². The van der Waals surface area contributed by atoms with Crippen molar-refractivity contribution in [2.24, 2.45) is 5.92 Å². The maximum atomic E-state index is 10.7. The first-order valence-corrected chi connectivity index (χ1v) is 7.12. The second-order valence-corrected chi connectivity index (χ2v) is 6.28. The van der Waals surface area contributed by atoms with E-state index in [1.165, 1.54) is 0 Å². The van der Waals surface area contributed by atoms with Crippen molar-refractivity contribution >= 4 is 0 Å². The molecule has 0 aliphatic carbocycles. The average molecular weight is 257 g/mol. The standard InChI is InChI=1S/C14H27NO3/c1-6-12(4)10-14(17-8-9-18-14)11(3)13(5,7-2)15(12)16/h11,16H,6-10H2,1-5H3. The minimum absolute atomic E-state index is 0.141. The summed E-state index contributed by atoms with van der Waals surface area (Å²) in [5.74, 6) is -0.378. The summed E-state index contributed by atoms with van der Waals surface area (Å²) in [7, 11) is 0. The van der Waals surface area contributed by atoms with Crippen LogP contribution in [0, 0.1) is 5.92 Å². The van der Waals surface area contributed by atoms with E-state index in [1.54, 1.807) is 5.06 Å². The van der Waals surface area contributed by atoms with Crippen LogP contribution in [0.4, 0.5) is 0 Å². The fraction of sp³-hybridized carbons (Fsp3) is 1.00. The third kappa shape index (κ3) is 1.73. The Kier molecular flexibility index (Phi) is 3.52. The molecule has 3 unspecified atom stereocenters. The van der Waals surface area contributed by atoms with E-state index in [0.29, 0.717) is 13.2 Å². The summed E-state index contributed by atoms with van der Waals surface area (Å²) < 4.78 is 12.0. The van der Waals surface area contributed by atoms with E-state index in [0.717, 1.165) is 19.3 Å². The molecule has 2 rings (SSSR count). The second-order valence-electron chi connectivity index (χ2n) is 6.28. The first-order valence-electron chi connectivity index (χ1n) is 7.12. The smallest absolute Gasteiger partial charge is 0.174 e. The second kappa shape index (κ2) is 4.44. The van der Waals surface area contributed by atoms with Gasteiger partial charge in [0.25, 0.3) is 0 Å². The van der Waals surface area contributed by atoms with Gasteiger partial charge in [-0.1, -0.05) is 20.8 Å². The molecule has 1 spiro atoms. The number of piperidine rings is 1. The molecule has 0 radical (unpaired) electrons. The molecule has 3 atom stereocenters. The minimum atomic E-state index is -0.519. The molecular formula is C14H27NO3. The van der Waals surface area contributed by atoms with Crippen molar-refractivity contribution in [2.45, 2.75) is 70.7 Å². The molecule has 0 aromatic rings. The van der Waals surface area contributed by atoms with Crippen LogP contribution in [-0.4, -0.2) is 40.3 Å². The summed E-state index contributed by atoms with van der Waals surface area (Å²) in [6, 6.07) is 0. The van der Waals surface area contributed by atoms with Crippen molar-refractivity contribution in [3.63, 3.8) is 0 Å². The lowest BCUT2D eigenvalue weighted by molar-refractivity contribution is -0.349. The van der Waals surface area contributed by atoms with Crippen LogP contribution in [-0.2, 0) is 9.47 Å². The first-order chi connectivity index (χ1) is 8.34. The maximum Gasteiger partial charge on any atom is 0.174 e. The largest absolute Gasteiger partial charge is 0.347 e. The Morgan fingerprint density at radius 2 is 1.72 bits per heavy atom. The normalized spacial score (nSPS) is 44.7. The van der Waals surface area contributed by atoms with Crippen molar-refractivity contribution in [2.75, 3.05) is 13.2 Å². The zero-order valence-corrected chi connectivity index (χ0v) is 12.3. The number of hydrogen-bond donors (Lipinski definition) is 1. The molecular weight excluding hydrogens is 230 g/mol. The molecule has 4 heteroatoms. The number of hydrogen-bond acceptors (Lipinski definition) is 4. The zero-order valence-electron chi connectivity index (χ0n) is 12.3. The highest BCUT2D eigenvalue weighted by Crippen LogP contribution is 2.52. The Morgan fingerprint density at radius 1 is 1.17 bits per heavy atom. The predicted octanol–water partition coefficient (Wildman–Crippen LogP) is 2.80. The SMILES string of the molecule is CCC1(C)CC2(OCCO2)C(C)C(C)(CC)N1O. The van der Waals surface area contributed by atoms with E-state index in [1.807, 2.05) is 0 Å². The average Bonchev–Trinajstić information content (AvgIpc) is 2.83. The summed E-state index contributed by atoms with van der Waals surface area (Å²) in [6.45, 7) is 11.9. The highest BCUT2D eigenvalue weighted by atomic mass is 16.7. The van der Waals surface area contributed by atoms with Gasteiger partial charge in [-0.25, -0.2) is 0 Å². The van der Waals surface area contributed by atoms with Gasteiger partial charge < -0.3 is 14.7 Å². The molecule has 106 valence electrons. The number of ether oxygens (including phenoxy) is 2. The Balaban J connectivity index is 2.42. The Labute approximate surface area is 110 Å². The summed E-state index contributed by atoms with van der Waals surface area (Å²) in [5.41, 5.74) is -0.602. The molecule has 2 aliphatic heterocycles. The highest BCUT2D eigenvalue weighted by Gasteiger charge is 2.62. The van der Waals surface area contributed by atoms with Crippen LogP contribution in [0.3, 0.4) is 0 Å². The van der Waals surface area contributed by atoms with E-state index in [4.69, 9.17) is 9.47 Å². The van der Waals surface area contributed by atoms with Crippen molar-refractivity contribution in [3.8, 4) is 0 Å². The van der Waals surface area contributed by atoms with Crippen LogP contribution < -0.4 is 0 Å². The molecule has 0 aromatic heterocycles. The summed E-state index contributed by atoms with van der Waals surface area (Å²) >= 11 is 0. The summed E-state index contributed by atoms with van der Waals surface area (Å²) in [5, 5.41) is 12.3. The minimum Gasteiger partial charge on any atom is -0.347 e. The van der Waals surface area contributed by atoms with Gasteiger partial charge in [0.15, 0.2) is 5.79 Å². The third-order valence-corrected chi connectivity index (χ3v) is 5.47. The Hall–Kier alpha value is -0.160. The van der Waals surface area contributed by atoms with Gasteiger partial charge in [0.1, 0.15) is 0 Å². The number of hydroxylamine groups is 2. The van der Waals surface area contributed by atoms with Crippen LogP contribution >= 0.6 is 0 Å². The summed E-state index contributed by atoms with van der Waals surface area (Å²) in [6.07, 6.45) is 2.47. The Morgan fingerprint density at radius 3 is 2.17 bits per heavy atom. The number of rotatable bonds is 2. The monoisotopic (exact) mass is 257 g/mol. The van der Waals surface area contributed by atoms with Gasteiger partial charge in [0.2, 0.25) is 0 Å². The molecule has 0 saturated carbocycles. The third-order valence-electron chi connectivity index (χ3n) is 5.47. The maximum absolute atomic E-state index is 10.7. The predicted molar refractivity (Wildman–Crippen MR) is 69.4 cm³/mol. The Bertz CT molecular complexity index is 314. The molecule has 18 heavy (non-hydrogen) atoms. The van der Waals surface area contributed by atoms with Gasteiger partial charge in [0.05, 0.1) is 18.8 Å². The molecule has 2 aliphatic rings. The lowest BCUT2D eigenvalue weighted by Crippen LogP contribution is -2.70. The van der Waals surface area contributed by atoms with E-state index in [9.17, 15) is 5.21 Å². The van der Waals surface area contributed by atoms with Gasteiger partial charge >= 0.3 is 0 Å². The van der Waals surface area contributed by atoms with Gasteiger partial charge in [-0.15, -0.1) is 0 Å². The fourth-order valence-electron chi connectivity index (χ4n) is 3.59. The van der Waals surface area contributed by atoms with Gasteiger partial charge in [-0.05, 0) is 26.7 Å². The van der Waals surface area contributed by atoms with Crippen LogP contribution in [0.1, 0.15) is 53.9 Å². The van der Waals surface area contributed by atoms with Crippen molar-refractivity contribution in [1.29, 1.82) is 0 Å². The quantitative estimate of drug-likeness (QED) is 0.826. The van der Waals surface area contributed by atoms with Crippen LogP contribution in [0.2, 0.25) is 0 Å². The lowest BCUT2D eigenvalue weighted by atomic mass is 9.67. The van der Waals surface area contributed by atoms with E-state index >= 15 is 0 Å². The lowest BCUT2D eigenvalue weighted by Gasteiger charge is -2.60. The van der Waals surface area contributed by atoms with E-state index in [-0.39, 0.29) is 17.0 Å². The highest BCUT2D eigenvalue weighted by molar-refractivity contribution is 5.08. The van der Waals surface area contributed by atoms with E-state index < -0.39 is 5.79 Å². The molecule has 4 nitrogen and oxygen atoms in total. The van der Waals surface area contributed by atoms with Crippen molar-refractivity contribution in [1.82, 2.24) is 5.06 Å². The number of nitrogens with zero attached hydrogens (tertiary/aromatic N) is 1. The van der Waals surface area contributed by atoms with Crippen LogP contribution in [0.5, 0.6) is 0 Å². The van der Waals surface area contributed by atoms with Gasteiger partial charge in [-0.2, -0.15) is 5.06 Å².